The summed E-state index contributed by atoms with van der Waals surface area (Å²) in [6.45, 7) is 2.72. The Kier molecular flexibility index (Phi) is 6.13. The van der Waals surface area contributed by atoms with Crippen molar-refractivity contribution < 1.29 is 9.53 Å². The predicted molar refractivity (Wildman–Crippen MR) is 129 cm³/mol. The number of methoxy groups -OCH3 is 1. The van der Waals surface area contributed by atoms with Crippen LogP contribution >= 0.6 is 23.2 Å². The molecule has 3 fully saturated rings. The molecule has 1 saturated carbocycles. The molecular weight excluding hydrogens is 443 g/mol. The van der Waals surface area contributed by atoms with Gasteiger partial charge >= 0.3 is 0 Å². The van der Waals surface area contributed by atoms with Gasteiger partial charge in [0.25, 0.3) is 0 Å². The fourth-order valence-corrected chi connectivity index (χ4v) is 6.86. The zero-order chi connectivity index (χ0) is 22.3. The summed E-state index contributed by atoms with van der Waals surface area (Å²) in [4.78, 5) is 16.0. The van der Waals surface area contributed by atoms with Gasteiger partial charge in [-0.15, -0.1) is 0 Å². The number of benzene rings is 2. The first-order valence-electron chi connectivity index (χ1n) is 11.7. The molecule has 4 atom stereocenters. The van der Waals surface area contributed by atoms with Crippen molar-refractivity contribution in [2.75, 3.05) is 26.7 Å². The van der Waals surface area contributed by atoms with Crippen molar-refractivity contribution in [3.05, 3.63) is 63.6 Å². The van der Waals surface area contributed by atoms with Crippen molar-refractivity contribution in [1.29, 1.82) is 0 Å². The molecule has 3 aliphatic rings. The summed E-state index contributed by atoms with van der Waals surface area (Å²) in [5, 5.41) is 4.66. The second kappa shape index (κ2) is 8.89. The number of carbonyl (C=O) groups is 1. The molecule has 32 heavy (non-hydrogen) atoms. The maximum atomic E-state index is 13.5. The zero-order valence-corrected chi connectivity index (χ0v) is 20.0. The second-order valence-electron chi connectivity index (χ2n) is 9.40. The van der Waals surface area contributed by atoms with Crippen LogP contribution in [0.2, 0.25) is 10.0 Å². The van der Waals surface area contributed by atoms with Crippen molar-refractivity contribution in [2.45, 2.75) is 49.5 Å². The Morgan fingerprint density at radius 2 is 1.75 bits per heavy atom. The zero-order valence-electron chi connectivity index (χ0n) is 18.4. The lowest BCUT2D eigenvalue weighted by atomic mass is 9.59. The lowest BCUT2D eigenvalue weighted by Gasteiger charge is -2.52. The Hall–Kier alpha value is -1.75. The number of likely N-dealkylation sites (tertiary alicyclic amines) is 1. The Labute approximate surface area is 200 Å². The van der Waals surface area contributed by atoms with Gasteiger partial charge in [-0.25, -0.2) is 0 Å². The third-order valence-corrected chi connectivity index (χ3v) is 8.45. The van der Waals surface area contributed by atoms with E-state index in [2.05, 4.69) is 28.4 Å². The quantitative estimate of drug-likeness (QED) is 0.626. The number of carbonyl (C=O) groups excluding carboxylic acids is 1. The number of hydrogen-bond donors (Lipinski definition) is 1. The molecule has 2 aromatic carbocycles. The van der Waals surface area contributed by atoms with Gasteiger partial charge in [-0.1, -0.05) is 47.8 Å². The average molecular weight is 473 g/mol. The highest BCUT2D eigenvalue weighted by atomic mass is 35.5. The monoisotopic (exact) mass is 472 g/mol. The number of nitrogens with one attached hydrogen (secondary N) is 1. The van der Waals surface area contributed by atoms with Gasteiger partial charge in [0, 0.05) is 22.5 Å². The largest absolute Gasteiger partial charge is 0.496 e. The molecule has 2 aliphatic heterocycles. The molecule has 2 saturated heterocycles. The summed E-state index contributed by atoms with van der Waals surface area (Å²) < 4.78 is 5.76. The van der Waals surface area contributed by atoms with E-state index in [0.717, 1.165) is 36.7 Å². The first kappa shape index (κ1) is 22.1. The first-order valence-corrected chi connectivity index (χ1v) is 12.4. The summed E-state index contributed by atoms with van der Waals surface area (Å²) in [7, 11) is 1.70. The second-order valence-corrected chi connectivity index (χ2v) is 10.3. The van der Waals surface area contributed by atoms with Crippen molar-refractivity contribution in [3.63, 3.8) is 0 Å². The summed E-state index contributed by atoms with van der Waals surface area (Å²) in [5.74, 6) is 1.64. The van der Waals surface area contributed by atoms with E-state index >= 15 is 0 Å². The molecule has 1 amide bonds. The lowest BCUT2D eigenvalue weighted by molar-refractivity contribution is -0.135. The minimum atomic E-state index is -0.430. The number of fused-ring (bicyclic) bond motifs is 1. The van der Waals surface area contributed by atoms with Crippen LogP contribution in [-0.2, 0) is 4.79 Å². The van der Waals surface area contributed by atoms with Crippen LogP contribution in [0.25, 0.3) is 0 Å². The van der Waals surface area contributed by atoms with Gasteiger partial charge in [0.2, 0.25) is 5.91 Å². The Balaban J connectivity index is 1.62. The molecule has 2 aromatic rings. The molecule has 0 spiro atoms. The maximum Gasteiger partial charge on any atom is 0.240 e. The molecule has 0 aromatic heterocycles. The van der Waals surface area contributed by atoms with Crippen molar-refractivity contribution in [2.24, 2.45) is 5.92 Å². The highest BCUT2D eigenvalue weighted by Crippen LogP contribution is 2.56. The van der Waals surface area contributed by atoms with Crippen molar-refractivity contribution >= 4 is 29.1 Å². The van der Waals surface area contributed by atoms with E-state index in [1.807, 2.05) is 24.3 Å². The van der Waals surface area contributed by atoms with E-state index in [-0.39, 0.29) is 23.7 Å². The number of amides is 1. The highest BCUT2D eigenvalue weighted by Gasteiger charge is 2.60. The number of rotatable bonds is 4. The molecule has 170 valence electrons. The van der Waals surface area contributed by atoms with Gasteiger partial charge in [-0.05, 0) is 86.0 Å². The molecular formula is C26H30Cl2N2O2. The lowest BCUT2D eigenvalue weighted by Crippen LogP contribution is -2.62. The number of piperidine rings is 1. The number of hydrogen-bond acceptors (Lipinski definition) is 3. The molecule has 1 N–H and O–H groups in total. The number of nitrogens with zero attached hydrogens (tertiary/aromatic N) is 1. The normalized spacial score (nSPS) is 30.6. The smallest absolute Gasteiger partial charge is 0.240 e. The maximum absolute atomic E-state index is 13.5. The van der Waals surface area contributed by atoms with Crippen LogP contribution in [-0.4, -0.2) is 43.1 Å². The van der Waals surface area contributed by atoms with Crippen LogP contribution in [0.4, 0.5) is 0 Å². The highest BCUT2D eigenvalue weighted by molar-refractivity contribution is 6.31. The molecule has 4 nitrogen and oxygen atoms in total. The van der Waals surface area contributed by atoms with Gasteiger partial charge in [0.1, 0.15) is 11.3 Å². The van der Waals surface area contributed by atoms with Crippen LogP contribution in [0.5, 0.6) is 5.75 Å². The number of ether oxygens (including phenoxy) is 1. The van der Waals surface area contributed by atoms with Gasteiger partial charge in [0.15, 0.2) is 0 Å². The van der Waals surface area contributed by atoms with E-state index in [9.17, 15) is 4.79 Å². The van der Waals surface area contributed by atoms with Gasteiger partial charge < -0.3 is 10.1 Å². The third-order valence-electron chi connectivity index (χ3n) is 7.96. The van der Waals surface area contributed by atoms with Crippen LogP contribution in [0.15, 0.2) is 42.5 Å². The van der Waals surface area contributed by atoms with Gasteiger partial charge in [0.05, 0.1) is 7.11 Å². The molecule has 5 rings (SSSR count). The Morgan fingerprint density at radius 1 is 1.03 bits per heavy atom. The minimum absolute atomic E-state index is 0.178. The SMILES string of the molecule is COc1cc(Cl)ccc1C1CCC2(N3CCCCC3)C(=O)NCC2C1c1ccc(Cl)cc1. The topological polar surface area (TPSA) is 41.6 Å². The van der Waals surface area contributed by atoms with Crippen LogP contribution < -0.4 is 10.1 Å². The third kappa shape index (κ3) is 3.61. The molecule has 4 unspecified atom stereocenters. The summed E-state index contributed by atoms with van der Waals surface area (Å²) in [6, 6.07) is 14.2. The molecule has 2 heterocycles. The Bertz CT molecular complexity index is 990. The first-order chi connectivity index (χ1) is 15.5. The van der Waals surface area contributed by atoms with Crippen molar-refractivity contribution in [1.82, 2.24) is 10.2 Å². The van der Waals surface area contributed by atoms with E-state index in [1.54, 1.807) is 7.11 Å². The van der Waals surface area contributed by atoms with Gasteiger partial charge in [-0.3, -0.25) is 9.69 Å². The average Bonchev–Trinajstić information content (AvgIpc) is 3.17. The summed E-state index contributed by atoms with van der Waals surface area (Å²) in [6.07, 6.45) is 5.38. The van der Waals surface area contributed by atoms with E-state index in [1.165, 1.54) is 30.4 Å². The van der Waals surface area contributed by atoms with Crippen molar-refractivity contribution in [3.8, 4) is 5.75 Å². The molecule has 0 bridgehead atoms. The summed E-state index contributed by atoms with van der Waals surface area (Å²) >= 11 is 12.5. The van der Waals surface area contributed by atoms with Gasteiger partial charge in [-0.2, -0.15) is 0 Å². The van der Waals surface area contributed by atoms with E-state index in [4.69, 9.17) is 27.9 Å². The van der Waals surface area contributed by atoms with E-state index in [0.29, 0.717) is 11.6 Å². The van der Waals surface area contributed by atoms with Crippen LogP contribution in [0, 0.1) is 5.92 Å². The van der Waals surface area contributed by atoms with Crippen LogP contribution in [0.3, 0.4) is 0 Å². The molecule has 1 aliphatic carbocycles. The fourth-order valence-electron chi connectivity index (χ4n) is 6.57. The van der Waals surface area contributed by atoms with Crippen LogP contribution in [0.1, 0.15) is 55.1 Å². The molecule has 6 heteroatoms. The fraction of sp³-hybridized carbons (Fsp3) is 0.500. The standard InChI is InChI=1S/C26H30Cl2N2O2/c1-32-23-15-19(28)9-10-20(23)21-11-12-26(30-13-3-2-4-14-30)22(16-29-25(26)31)24(21)17-5-7-18(27)8-6-17/h5-10,15,21-22,24H,2-4,11-14,16H2,1H3,(H,29,31). The molecule has 0 radical (unpaired) electrons. The Morgan fingerprint density at radius 3 is 2.47 bits per heavy atom. The predicted octanol–water partition coefficient (Wildman–Crippen LogP) is 5.63. The summed E-state index contributed by atoms with van der Waals surface area (Å²) in [5.41, 5.74) is 1.98. The minimum Gasteiger partial charge on any atom is -0.496 e. The van der Waals surface area contributed by atoms with E-state index < -0.39 is 5.54 Å². The number of halogens is 2.